The Morgan fingerprint density at radius 1 is 1.33 bits per heavy atom. The summed E-state index contributed by atoms with van der Waals surface area (Å²) in [5.74, 6) is 0.210. The lowest BCUT2D eigenvalue weighted by Crippen LogP contribution is -2.32. The molecular weight excluding hydrogens is 268 g/mol. The van der Waals surface area contributed by atoms with Crippen molar-refractivity contribution < 1.29 is 9.90 Å². The van der Waals surface area contributed by atoms with Crippen LogP contribution in [0.25, 0.3) is 5.69 Å². The first kappa shape index (κ1) is 15.2. The number of nitrogens with zero attached hydrogens (tertiary/aromatic N) is 3. The van der Waals surface area contributed by atoms with Crippen molar-refractivity contribution in [1.29, 1.82) is 0 Å². The number of aliphatic hydroxyl groups is 1. The lowest BCUT2D eigenvalue weighted by molar-refractivity contribution is 0.0900. The predicted octanol–water partition coefficient (Wildman–Crippen LogP) is 1.40. The van der Waals surface area contributed by atoms with Gasteiger partial charge in [0.25, 0.3) is 5.91 Å². The maximum atomic E-state index is 12.0. The van der Waals surface area contributed by atoms with Crippen LogP contribution in [0.5, 0.6) is 0 Å². The first-order chi connectivity index (χ1) is 10.1. The van der Waals surface area contributed by atoms with E-state index in [0.29, 0.717) is 17.9 Å². The van der Waals surface area contributed by atoms with Crippen molar-refractivity contribution in [2.75, 3.05) is 6.54 Å². The van der Waals surface area contributed by atoms with E-state index in [1.54, 1.807) is 35.3 Å². The summed E-state index contributed by atoms with van der Waals surface area (Å²) in [5, 5.41) is 16.5. The number of carbonyl (C=O) groups excluding carboxylic acids is 1. The summed E-state index contributed by atoms with van der Waals surface area (Å²) < 4.78 is 1.62. The van der Waals surface area contributed by atoms with Crippen molar-refractivity contribution in [3.63, 3.8) is 0 Å². The zero-order valence-corrected chi connectivity index (χ0v) is 12.2. The van der Waals surface area contributed by atoms with Gasteiger partial charge >= 0.3 is 0 Å². The molecule has 0 aliphatic carbocycles. The molecule has 1 unspecified atom stereocenters. The number of hydrogen-bond acceptors (Lipinski definition) is 4. The predicted molar refractivity (Wildman–Crippen MR) is 79.2 cm³/mol. The Balaban J connectivity index is 1.91. The summed E-state index contributed by atoms with van der Waals surface area (Å²) in [6.45, 7) is 4.34. The van der Waals surface area contributed by atoms with E-state index in [2.05, 4.69) is 15.4 Å². The second-order valence-corrected chi connectivity index (χ2v) is 5.38. The van der Waals surface area contributed by atoms with Crippen molar-refractivity contribution in [2.24, 2.45) is 5.92 Å². The molecule has 0 aliphatic rings. The molecule has 0 saturated carbocycles. The molecule has 2 rings (SSSR count). The second-order valence-electron chi connectivity index (χ2n) is 5.38. The highest BCUT2D eigenvalue weighted by molar-refractivity contribution is 5.94. The monoisotopic (exact) mass is 288 g/mol. The Hall–Kier alpha value is -2.21. The first-order valence-electron chi connectivity index (χ1n) is 6.97. The minimum absolute atomic E-state index is 0.192. The molecule has 1 aromatic carbocycles. The van der Waals surface area contributed by atoms with Gasteiger partial charge in [0.05, 0.1) is 11.8 Å². The van der Waals surface area contributed by atoms with Gasteiger partial charge in [-0.05, 0) is 36.6 Å². The maximum Gasteiger partial charge on any atom is 0.251 e. The molecular formula is C15H20N4O2. The zero-order chi connectivity index (χ0) is 15.2. The molecule has 0 spiro atoms. The minimum Gasteiger partial charge on any atom is -0.391 e. The molecule has 0 fully saturated rings. The highest BCUT2D eigenvalue weighted by Crippen LogP contribution is 2.08. The normalized spacial score (nSPS) is 12.4. The summed E-state index contributed by atoms with van der Waals surface area (Å²) >= 11 is 0. The number of aromatic nitrogens is 3. The molecule has 112 valence electrons. The van der Waals surface area contributed by atoms with E-state index in [0.717, 1.165) is 5.69 Å². The molecule has 1 atom stereocenters. The third kappa shape index (κ3) is 4.39. The van der Waals surface area contributed by atoms with Gasteiger partial charge in [-0.25, -0.2) is 9.67 Å². The molecule has 0 radical (unpaired) electrons. The van der Waals surface area contributed by atoms with Gasteiger partial charge < -0.3 is 10.4 Å². The van der Waals surface area contributed by atoms with E-state index in [9.17, 15) is 9.90 Å². The van der Waals surface area contributed by atoms with Crippen molar-refractivity contribution in [3.05, 3.63) is 42.5 Å². The SMILES string of the molecule is CC(C)CC(O)CNC(=O)c1ccc(-n2cncn2)cc1. The van der Waals surface area contributed by atoms with Crippen molar-refractivity contribution in [3.8, 4) is 5.69 Å². The van der Waals surface area contributed by atoms with Crippen molar-refractivity contribution in [2.45, 2.75) is 26.4 Å². The summed E-state index contributed by atoms with van der Waals surface area (Å²) in [6.07, 6.45) is 3.21. The smallest absolute Gasteiger partial charge is 0.251 e. The number of amides is 1. The van der Waals surface area contributed by atoms with Crippen LogP contribution >= 0.6 is 0 Å². The van der Waals surface area contributed by atoms with E-state index < -0.39 is 6.10 Å². The van der Waals surface area contributed by atoms with Crippen LogP contribution in [0.3, 0.4) is 0 Å². The Bertz CT molecular complexity index is 564. The fourth-order valence-electron chi connectivity index (χ4n) is 2.05. The summed E-state index contributed by atoms with van der Waals surface area (Å²) in [6, 6.07) is 7.05. The second kappa shape index (κ2) is 6.99. The van der Waals surface area contributed by atoms with Crippen LogP contribution in [0.2, 0.25) is 0 Å². The van der Waals surface area contributed by atoms with E-state index in [1.165, 1.54) is 6.33 Å². The molecule has 6 heteroatoms. The molecule has 0 bridgehead atoms. The lowest BCUT2D eigenvalue weighted by atomic mass is 10.1. The number of benzene rings is 1. The third-order valence-electron chi connectivity index (χ3n) is 3.05. The van der Waals surface area contributed by atoms with Gasteiger partial charge in [0.2, 0.25) is 0 Å². The van der Waals surface area contributed by atoms with Crippen LogP contribution in [0.15, 0.2) is 36.9 Å². The molecule has 1 aromatic heterocycles. The van der Waals surface area contributed by atoms with Crippen molar-refractivity contribution in [1.82, 2.24) is 20.1 Å². The van der Waals surface area contributed by atoms with Crippen LogP contribution < -0.4 is 5.32 Å². The van der Waals surface area contributed by atoms with Gasteiger partial charge in [0.1, 0.15) is 12.7 Å². The van der Waals surface area contributed by atoms with Gasteiger partial charge in [-0.15, -0.1) is 0 Å². The van der Waals surface area contributed by atoms with Gasteiger partial charge in [0.15, 0.2) is 0 Å². The maximum absolute atomic E-state index is 12.0. The molecule has 1 heterocycles. The lowest BCUT2D eigenvalue weighted by Gasteiger charge is -2.14. The van der Waals surface area contributed by atoms with E-state index >= 15 is 0 Å². The van der Waals surface area contributed by atoms with E-state index in [1.807, 2.05) is 13.8 Å². The van der Waals surface area contributed by atoms with Crippen LogP contribution in [-0.4, -0.2) is 38.4 Å². The van der Waals surface area contributed by atoms with Crippen LogP contribution in [0, 0.1) is 5.92 Å². The van der Waals surface area contributed by atoms with Crippen molar-refractivity contribution >= 4 is 5.91 Å². The van der Waals surface area contributed by atoms with Gasteiger partial charge in [-0.1, -0.05) is 13.8 Å². The zero-order valence-electron chi connectivity index (χ0n) is 12.2. The molecule has 2 aromatic rings. The minimum atomic E-state index is -0.511. The van der Waals surface area contributed by atoms with E-state index in [4.69, 9.17) is 0 Å². The quantitative estimate of drug-likeness (QED) is 0.842. The highest BCUT2D eigenvalue weighted by atomic mass is 16.3. The largest absolute Gasteiger partial charge is 0.391 e. The summed E-state index contributed by atoms with van der Waals surface area (Å²) in [4.78, 5) is 15.8. The summed E-state index contributed by atoms with van der Waals surface area (Å²) in [5.41, 5.74) is 1.39. The Kier molecular flexibility index (Phi) is 5.05. The number of nitrogens with one attached hydrogen (secondary N) is 1. The standard InChI is InChI=1S/C15H20N4O2/c1-11(2)7-14(20)8-17-15(21)12-3-5-13(6-4-12)19-10-16-9-18-19/h3-6,9-11,14,20H,7-8H2,1-2H3,(H,17,21). The fraction of sp³-hybridized carbons (Fsp3) is 0.400. The average Bonchev–Trinajstić information content (AvgIpc) is 2.98. The molecule has 1 amide bonds. The van der Waals surface area contributed by atoms with Gasteiger partial charge in [0, 0.05) is 12.1 Å². The molecule has 0 saturated heterocycles. The number of rotatable bonds is 6. The van der Waals surface area contributed by atoms with Gasteiger partial charge in [-0.3, -0.25) is 4.79 Å². The molecule has 21 heavy (non-hydrogen) atoms. The Labute approximate surface area is 123 Å². The highest BCUT2D eigenvalue weighted by Gasteiger charge is 2.10. The fourth-order valence-corrected chi connectivity index (χ4v) is 2.05. The molecule has 2 N–H and O–H groups in total. The van der Waals surface area contributed by atoms with Crippen LogP contribution in [0.1, 0.15) is 30.6 Å². The number of hydrogen-bond donors (Lipinski definition) is 2. The average molecular weight is 288 g/mol. The topological polar surface area (TPSA) is 80.0 Å². The molecule has 0 aliphatic heterocycles. The number of carbonyl (C=O) groups is 1. The van der Waals surface area contributed by atoms with Crippen LogP contribution in [0.4, 0.5) is 0 Å². The van der Waals surface area contributed by atoms with Gasteiger partial charge in [-0.2, -0.15) is 5.10 Å². The Morgan fingerprint density at radius 2 is 2.05 bits per heavy atom. The first-order valence-corrected chi connectivity index (χ1v) is 6.97. The van der Waals surface area contributed by atoms with Crippen LogP contribution in [-0.2, 0) is 0 Å². The number of aliphatic hydroxyl groups excluding tert-OH is 1. The Morgan fingerprint density at radius 3 is 2.62 bits per heavy atom. The van der Waals surface area contributed by atoms with E-state index in [-0.39, 0.29) is 12.5 Å². The summed E-state index contributed by atoms with van der Waals surface area (Å²) in [7, 11) is 0. The third-order valence-corrected chi connectivity index (χ3v) is 3.05. The molecule has 6 nitrogen and oxygen atoms in total.